The highest BCUT2D eigenvalue weighted by Gasteiger charge is 2.36. The van der Waals surface area contributed by atoms with E-state index in [1.165, 1.54) is 6.07 Å². The second-order valence-corrected chi connectivity index (χ2v) is 4.64. The van der Waals surface area contributed by atoms with Crippen molar-refractivity contribution in [1.82, 2.24) is 5.32 Å². The summed E-state index contributed by atoms with van der Waals surface area (Å²) in [6.45, 7) is 0. The fourth-order valence-corrected chi connectivity index (χ4v) is 2.45. The van der Waals surface area contributed by atoms with Crippen LogP contribution in [0.1, 0.15) is 24.3 Å². The van der Waals surface area contributed by atoms with Gasteiger partial charge in [0.1, 0.15) is 17.9 Å². The van der Waals surface area contributed by atoms with Crippen molar-refractivity contribution in [2.24, 2.45) is 0 Å². The molecule has 0 aliphatic carbocycles. The molecule has 5 nitrogen and oxygen atoms in total. The summed E-state index contributed by atoms with van der Waals surface area (Å²) in [5, 5.41) is 20.6. The molecule has 0 bridgehead atoms. The molecule has 6 heteroatoms. The van der Waals surface area contributed by atoms with Crippen molar-refractivity contribution in [2.75, 3.05) is 0 Å². The number of carboxylic acid groups (broad SMARTS) is 2. The average Bonchev–Trinajstić information content (AvgIpc) is 2.38. The highest BCUT2D eigenvalue weighted by Crippen LogP contribution is 2.32. The highest BCUT2D eigenvalue weighted by atomic mass is 19.1. The fourth-order valence-electron chi connectivity index (χ4n) is 2.45. The van der Waals surface area contributed by atoms with Crippen molar-refractivity contribution >= 4 is 11.9 Å². The molecular weight excluding hydrogens is 253 g/mol. The summed E-state index contributed by atoms with van der Waals surface area (Å²) in [6.07, 6.45) is 0.361. The van der Waals surface area contributed by atoms with E-state index in [4.69, 9.17) is 10.2 Å². The van der Waals surface area contributed by atoms with E-state index in [0.717, 1.165) is 0 Å². The van der Waals surface area contributed by atoms with E-state index in [2.05, 4.69) is 5.32 Å². The quantitative estimate of drug-likeness (QED) is 0.766. The minimum absolute atomic E-state index is 0.181. The molecule has 0 spiro atoms. The summed E-state index contributed by atoms with van der Waals surface area (Å²) in [6, 6.07) is 4.13. The lowest BCUT2D eigenvalue weighted by molar-refractivity contribution is -0.144. The molecule has 0 radical (unpaired) electrons. The third kappa shape index (κ3) is 2.90. The molecule has 1 saturated heterocycles. The lowest BCUT2D eigenvalue weighted by atomic mass is 9.82. The van der Waals surface area contributed by atoms with Gasteiger partial charge < -0.3 is 10.2 Å². The van der Waals surface area contributed by atoms with Crippen LogP contribution in [-0.4, -0.2) is 34.2 Å². The third-order valence-electron chi connectivity index (χ3n) is 3.38. The Labute approximate surface area is 109 Å². The van der Waals surface area contributed by atoms with Gasteiger partial charge in [-0.3, -0.25) is 14.9 Å². The number of carbonyl (C=O) groups is 2. The van der Waals surface area contributed by atoms with E-state index in [0.29, 0.717) is 5.56 Å². The third-order valence-corrected chi connectivity index (χ3v) is 3.38. The van der Waals surface area contributed by atoms with Crippen molar-refractivity contribution in [3.05, 3.63) is 35.6 Å². The Morgan fingerprint density at radius 3 is 2.11 bits per heavy atom. The lowest BCUT2D eigenvalue weighted by Gasteiger charge is -2.32. The Kier molecular flexibility index (Phi) is 3.80. The van der Waals surface area contributed by atoms with E-state index in [1.54, 1.807) is 18.2 Å². The van der Waals surface area contributed by atoms with Gasteiger partial charge in [0.2, 0.25) is 0 Å². The number of nitrogens with one attached hydrogen (secondary N) is 1. The molecule has 1 fully saturated rings. The highest BCUT2D eigenvalue weighted by molar-refractivity contribution is 5.78. The van der Waals surface area contributed by atoms with E-state index < -0.39 is 35.8 Å². The Bertz CT molecular complexity index is 483. The van der Waals surface area contributed by atoms with Gasteiger partial charge in [0, 0.05) is 0 Å². The number of rotatable bonds is 3. The summed E-state index contributed by atoms with van der Waals surface area (Å²) in [7, 11) is 0. The Morgan fingerprint density at radius 2 is 1.63 bits per heavy atom. The maximum atomic E-state index is 13.7. The van der Waals surface area contributed by atoms with Crippen molar-refractivity contribution in [2.45, 2.75) is 30.8 Å². The second-order valence-electron chi connectivity index (χ2n) is 4.64. The molecule has 1 aliphatic heterocycles. The SMILES string of the molecule is O=C(O)C1CC(c2ccccc2F)CC(C(=O)O)N1. The number of halogens is 1. The van der Waals surface area contributed by atoms with Gasteiger partial charge in [-0.15, -0.1) is 0 Å². The van der Waals surface area contributed by atoms with E-state index in [1.807, 2.05) is 0 Å². The van der Waals surface area contributed by atoms with Gasteiger partial charge in [-0.1, -0.05) is 18.2 Å². The number of hydrogen-bond acceptors (Lipinski definition) is 3. The lowest BCUT2D eigenvalue weighted by Crippen LogP contribution is -2.52. The van der Waals surface area contributed by atoms with Gasteiger partial charge in [-0.25, -0.2) is 4.39 Å². The molecule has 1 heterocycles. The minimum Gasteiger partial charge on any atom is -0.480 e. The predicted octanol–water partition coefficient (Wildman–Crippen LogP) is 1.20. The average molecular weight is 267 g/mol. The van der Waals surface area contributed by atoms with Gasteiger partial charge in [0.15, 0.2) is 0 Å². The number of carboxylic acids is 2. The van der Waals surface area contributed by atoms with Crippen LogP contribution in [0.25, 0.3) is 0 Å². The molecule has 3 N–H and O–H groups in total. The van der Waals surface area contributed by atoms with E-state index in [9.17, 15) is 14.0 Å². The van der Waals surface area contributed by atoms with Gasteiger partial charge in [-0.05, 0) is 30.4 Å². The minimum atomic E-state index is -1.12. The molecule has 1 aromatic rings. The number of benzene rings is 1. The van der Waals surface area contributed by atoms with Crippen LogP contribution >= 0.6 is 0 Å². The van der Waals surface area contributed by atoms with Crippen molar-refractivity contribution in [3.8, 4) is 0 Å². The van der Waals surface area contributed by atoms with Crippen LogP contribution in [-0.2, 0) is 9.59 Å². The van der Waals surface area contributed by atoms with Crippen LogP contribution in [0.3, 0.4) is 0 Å². The Morgan fingerprint density at radius 1 is 1.11 bits per heavy atom. The molecule has 19 heavy (non-hydrogen) atoms. The summed E-state index contributed by atoms with van der Waals surface area (Å²) < 4.78 is 13.7. The normalized spacial score (nSPS) is 26.9. The maximum Gasteiger partial charge on any atom is 0.320 e. The molecule has 1 aliphatic rings. The first-order valence-electron chi connectivity index (χ1n) is 5.95. The van der Waals surface area contributed by atoms with Crippen molar-refractivity contribution in [1.29, 1.82) is 0 Å². The Hall–Kier alpha value is -1.95. The molecule has 102 valence electrons. The fraction of sp³-hybridized carbons (Fsp3) is 0.385. The maximum absolute atomic E-state index is 13.7. The first-order valence-corrected chi connectivity index (χ1v) is 5.95. The summed E-state index contributed by atoms with van der Waals surface area (Å²) >= 11 is 0. The molecule has 2 unspecified atom stereocenters. The van der Waals surface area contributed by atoms with Gasteiger partial charge in [-0.2, -0.15) is 0 Å². The first-order chi connectivity index (χ1) is 8.99. The van der Waals surface area contributed by atoms with E-state index >= 15 is 0 Å². The van der Waals surface area contributed by atoms with Gasteiger partial charge in [0.25, 0.3) is 0 Å². The smallest absolute Gasteiger partial charge is 0.320 e. The molecule has 0 aromatic heterocycles. The van der Waals surface area contributed by atoms with Gasteiger partial charge in [0.05, 0.1) is 0 Å². The van der Waals surface area contributed by atoms with Crippen LogP contribution in [0.4, 0.5) is 4.39 Å². The zero-order valence-electron chi connectivity index (χ0n) is 10.0. The zero-order valence-corrected chi connectivity index (χ0v) is 10.0. The molecule has 2 atom stereocenters. The first kappa shape index (κ1) is 13.5. The van der Waals surface area contributed by atoms with Crippen LogP contribution in [0.15, 0.2) is 24.3 Å². The molecule has 2 rings (SSSR count). The zero-order chi connectivity index (χ0) is 14.0. The van der Waals surface area contributed by atoms with Crippen LogP contribution < -0.4 is 5.32 Å². The van der Waals surface area contributed by atoms with Crippen molar-refractivity contribution < 1.29 is 24.2 Å². The standard InChI is InChI=1S/C13H14FNO4/c14-9-4-2-1-3-8(9)7-5-10(12(16)17)15-11(6-7)13(18)19/h1-4,7,10-11,15H,5-6H2,(H,16,17)(H,18,19). The molecule has 1 aromatic carbocycles. The molecule has 0 saturated carbocycles. The predicted molar refractivity (Wildman–Crippen MR) is 64.4 cm³/mol. The molecular formula is C13H14FNO4. The summed E-state index contributed by atoms with van der Waals surface area (Å²) in [5.74, 6) is -3.08. The summed E-state index contributed by atoms with van der Waals surface area (Å²) in [5.41, 5.74) is 0.376. The van der Waals surface area contributed by atoms with Crippen molar-refractivity contribution in [3.63, 3.8) is 0 Å². The van der Waals surface area contributed by atoms with Crippen LogP contribution in [0, 0.1) is 5.82 Å². The number of aliphatic carboxylic acids is 2. The second kappa shape index (κ2) is 5.36. The van der Waals surface area contributed by atoms with Crippen LogP contribution in [0.2, 0.25) is 0 Å². The van der Waals surface area contributed by atoms with Crippen LogP contribution in [0.5, 0.6) is 0 Å². The molecule has 0 amide bonds. The monoisotopic (exact) mass is 267 g/mol. The number of piperidine rings is 1. The van der Waals surface area contributed by atoms with Gasteiger partial charge >= 0.3 is 11.9 Å². The number of hydrogen-bond donors (Lipinski definition) is 3. The summed E-state index contributed by atoms with van der Waals surface area (Å²) in [4.78, 5) is 22.1. The topological polar surface area (TPSA) is 86.6 Å². The van der Waals surface area contributed by atoms with E-state index in [-0.39, 0.29) is 12.8 Å². The Balaban J connectivity index is 2.27. The largest absolute Gasteiger partial charge is 0.480 e.